The SMILES string of the molecule is COC(=O)[C@@H](C)c1c(F)cc2ncc(Br)cc2c1F. The van der Waals surface area contributed by atoms with E-state index in [1.165, 1.54) is 26.3 Å². The summed E-state index contributed by atoms with van der Waals surface area (Å²) in [5.41, 5.74) is -0.113. The fraction of sp³-hybridized carbons (Fsp3) is 0.231. The van der Waals surface area contributed by atoms with Crippen molar-refractivity contribution >= 4 is 32.8 Å². The highest BCUT2D eigenvalue weighted by atomic mass is 79.9. The molecule has 2 rings (SSSR count). The van der Waals surface area contributed by atoms with Crippen molar-refractivity contribution in [1.29, 1.82) is 0 Å². The normalized spacial score (nSPS) is 12.5. The Bertz CT molecular complexity index is 661. The van der Waals surface area contributed by atoms with E-state index in [4.69, 9.17) is 0 Å². The van der Waals surface area contributed by atoms with Gasteiger partial charge in [-0.1, -0.05) is 0 Å². The molecular weight excluding hydrogens is 320 g/mol. The maximum Gasteiger partial charge on any atom is 0.313 e. The molecule has 1 aromatic carbocycles. The summed E-state index contributed by atoms with van der Waals surface area (Å²) in [5.74, 6) is -3.31. The number of hydrogen-bond donors (Lipinski definition) is 0. The van der Waals surface area contributed by atoms with Crippen molar-refractivity contribution in [3.8, 4) is 0 Å². The summed E-state index contributed by atoms with van der Waals surface area (Å²) >= 11 is 3.17. The lowest BCUT2D eigenvalue weighted by atomic mass is 9.97. The summed E-state index contributed by atoms with van der Waals surface area (Å²) in [6.07, 6.45) is 1.45. The van der Waals surface area contributed by atoms with Gasteiger partial charge in [0.15, 0.2) is 0 Å². The lowest BCUT2D eigenvalue weighted by Gasteiger charge is -2.13. The Hall–Kier alpha value is -1.56. The number of esters is 1. The molecule has 0 amide bonds. The van der Waals surface area contributed by atoms with E-state index in [-0.39, 0.29) is 16.5 Å². The van der Waals surface area contributed by atoms with Gasteiger partial charge in [0.25, 0.3) is 0 Å². The van der Waals surface area contributed by atoms with Crippen LogP contribution in [0.2, 0.25) is 0 Å². The Kier molecular flexibility index (Phi) is 3.80. The molecule has 0 unspecified atom stereocenters. The Labute approximate surface area is 116 Å². The average molecular weight is 330 g/mol. The van der Waals surface area contributed by atoms with E-state index in [0.717, 1.165) is 6.07 Å². The van der Waals surface area contributed by atoms with Gasteiger partial charge in [-0.15, -0.1) is 0 Å². The fourth-order valence-corrected chi connectivity index (χ4v) is 2.21. The van der Waals surface area contributed by atoms with Gasteiger partial charge in [0.1, 0.15) is 11.6 Å². The molecular formula is C13H10BrF2NO2. The van der Waals surface area contributed by atoms with Crippen LogP contribution in [0.3, 0.4) is 0 Å². The van der Waals surface area contributed by atoms with Crippen LogP contribution in [0.25, 0.3) is 10.9 Å². The van der Waals surface area contributed by atoms with Crippen molar-refractivity contribution in [3.05, 3.63) is 40.0 Å². The first kappa shape index (κ1) is 13.9. The van der Waals surface area contributed by atoms with Gasteiger partial charge >= 0.3 is 5.97 Å². The molecule has 1 aromatic heterocycles. The third-order valence-corrected chi connectivity index (χ3v) is 3.30. The quantitative estimate of drug-likeness (QED) is 0.791. The maximum atomic E-state index is 14.3. The first-order valence-corrected chi connectivity index (χ1v) is 6.26. The molecule has 0 aliphatic rings. The van der Waals surface area contributed by atoms with E-state index in [0.29, 0.717) is 4.47 Å². The second kappa shape index (κ2) is 5.21. The molecule has 0 saturated heterocycles. The number of ether oxygens (including phenoxy) is 1. The highest BCUT2D eigenvalue weighted by Gasteiger charge is 2.25. The van der Waals surface area contributed by atoms with Crippen molar-refractivity contribution in [3.63, 3.8) is 0 Å². The Morgan fingerprint density at radius 1 is 1.42 bits per heavy atom. The number of fused-ring (bicyclic) bond motifs is 1. The molecule has 6 heteroatoms. The summed E-state index contributed by atoms with van der Waals surface area (Å²) in [5, 5.41) is 0.154. The zero-order valence-corrected chi connectivity index (χ0v) is 11.8. The second-order valence-electron chi connectivity index (χ2n) is 4.05. The van der Waals surface area contributed by atoms with E-state index in [2.05, 4.69) is 25.7 Å². The van der Waals surface area contributed by atoms with Crippen molar-refractivity contribution in [2.75, 3.05) is 7.11 Å². The van der Waals surface area contributed by atoms with Crippen LogP contribution in [0.4, 0.5) is 8.78 Å². The van der Waals surface area contributed by atoms with Crippen molar-refractivity contribution in [1.82, 2.24) is 4.98 Å². The number of aromatic nitrogens is 1. The van der Waals surface area contributed by atoms with Gasteiger partial charge in [-0.3, -0.25) is 9.78 Å². The topological polar surface area (TPSA) is 39.2 Å². The highest BCUT2D eigenvalue weighted by molar-refractivity contribution is 9.10. The number of rotatable bonds is 2. The van der Waals surface area contributed by atoms with Gasteiger partial charge in [-0.25, -0.2) is 8.78 Å². The minimum absolute atomic E-state index is 0.154. The van der Waals surface area contributed by atoms with E-state index in [1.807, 2.05) is 0 Å². The number of pyridine rings is 1. The van der Waals surface area contributed by atoms with Gasteiger partial charge in [0, 0.05) is 27.7 Å². The largest absolute Gasteiger partial charge is 0.469 e. The van der Waals surface area contributed by atoms with Crippen LogP contribution in [0.15, 0.2) is 22.8 Å². The summed E-state index contributed by atoms with van der Waals surface area (Å²) < 4.78 is 33.4. The summed E-state index contributed by atoms with van der Waals surface area (Å²) in [4.78, 5) is 15.4. The molecule has 0 N–H and O–H groups in total. The van der Waals surface area contributed by atoms with Crippen molar-refractivity contribution < 1.29 is 18.3 Å². The molecule has 0 radical (unpaired) electrons. The number of benzene rings is 1. The second-order valence-corrected chi connectivity index (χ2v) is 4.97. The zero-order chi connectivity index (χ0) is 14.2. The number of halogens is 3. The Balaban J connectivity index is 2.71. The van der Waals surface area contributed by atoms with Crippen molar-refractivity contribution in [2.45, 2.75) is 12.8 Å². The first-order chi connectivity index (χ1) is 8.95. The minimum atomic E-state index is -1.02. The van der Waals surface area contributed by atoms with E-state index < -0.39 is 23.5 Å². The number of carbonyl (C=O) groups excluding carboxylic acids is 1. The Morgan fingerprint density at radius 2 is 2.11 bits per heavy atom. The molecule has 0 aliphatic heterocycles. The molecule has 1 atom stereocenters. The number of nitrogens with zero attached hydrogens (tertiary/aromatic N) is 1. The molecule has 2 aromatic rings. The molecule has 0 spiro atoms. The Morgan fingerprint density at radius 3 is 2.74 bits per heavy atom. The van der Waals surface area contributed by atoms with Crippen LogP contribution in [-0.2, 0) is 9.53 Å². The summed E-state index contributed by atoms with van der Waals surface area (Å²) in [6.45, 7) is 1.39. The molecule has 0 fully saturated rings. The van der Waals surface area contributed by atoms with Crippen LogP contribution in [0.5, 0.6) is 0 Å². The van der Waals surface area contributed by atoms with Crippen LogP contribution in [-0.4, -0.2) is 18.1 Å². The standard InChI is InChI=1S/C13H10BrF2NO2/c1-6(13(18)19-2)11-9(15)4-10-8(12(11)16)3-7(14)5-17-10/h3-6H,1-2H3/t6-/m0/s1. The molecule has 3 nitrogen and oxygen atoms in total. The van der Waals surface area contributed by atoms with Gasteiger partial charge < -0.3 is 4.74 Å². The molecule has 0 bridgehead atoms. The fourth-order valence-electron chi connectivity index (χ4n) is 1.88. The lowest BCUT2D eigenvalue weighted by molar-refractivity contribution is -0.142. The number of methoxy groups -OCH3 is 1. The summed E-state index contributed by atoms with van der Waals surface area (Å²) in [7, 11) is 1.17. The highest BCUT2D eigenvalue weighted by Crippen LogP contribution is 2.30. The third kappa shape index (κ3) is 2.45. The van der Waals surface area contributed by atoms with Gasteiger partial charge in [0.05, 0.1) is 18.5 Å². The van der Waals surface area contributed by atoms with Crippen LogP contribution in [0.1, 0.15) is 18.4 Å². The molecule has 100 valence electrons. The predicted molar refractivity (Wildman–Crippen MR) is 69.8 cm³/mol. The summed E-state index contributed by atoms with van der Waals surface area (Å²) in [6, 6.07) is 2.60. The smallest absolute Gasteiger partial charge is 0.313 e. The van der Waals surface area contributed by atoms with E-state index >= 15 is 0 Å². The van der Waals surface area contributed by atoms with Crippen LogP contribution >= 0.6 is 15.9 Å². The molecule has 0 saturated carbocycles. The molecule has 1 heterocycles. The number of carbonyl (C=O) groups is 1. The predicted octanol–water partition coefficient (Wildman–Crippen LogP) is 3.55. The maximum absolute atomic E-state index is 14.3. The van der Waals surface area contributed by atoms with Gasteiger partial charge in [-0.05, 0) is 28.9 Å². The zero-order valence-electron chi connectivity index (χ0n) is 10.2. The van der Waals surface area contributed by atoms with Crippen LogP contribution < -0.4 is 0 Å². The average Bonchev–Trinajstić information content (AvgIpc) is 2.38. The monoisotopic (exact) mass is 329 g/mol. The van der Waals surface area contributed by atoms with E-state index in [1.54, 1.807) is 0 Å². The third-order valence-electron chi connectivity index (χ3n) is 2.87. The van der Waals surface area contributed by atoms with Gasteiger partial charge in [-0.2, -0.15) is 0 Å². The first-order valence-electron chi connectivity index (χ1n) is 5.46. The molecule has 19 heavy (non-hydrogen) atoms. The minimum Gasteiger partial charge on any atom is -0.469 e. The van der Waals surface area contributed by atoms with E-state index in [9.17, 15) is 13.6 Å². The van der Waals surface area contributed by atoms with Crippen LogP contribution in [0, 0.1) is 11.6 Å². The molecule has 0 aliphatic carbocycles. The lowest BCUT2D eigenvalue weighted by Crippen LogP contribution is -2.14. The van der Waals surface area contributed by atoms with Crippen molar-refractivity contribution in [2.24, 2.45) is 0 Å². The van der Waals surface area contributed by atoms with Gasteiger partial charge in [0.2, 0.25) is 0 Å². The number of hydrogen-bond acceptors (Lipinski definition) is 3.